The number of hydrogen-bond donors (Lipinski definition) is 0. The monoisotopic (exact) mass is 472 g/mol. The molecule has 2 aliphatic rings. The Labute approximate surface area is 182 Å². The molecular weight excluding hydrogens is 452 g/mol. The van der Waals surface area contributed by atoms with Crippen molar-refractivity contribution in [3.63, 3.8) is 0 Å². The number of carbonyl (C=O) groups is 3. The van der Waals surface area contributed by atoms with E-state index in [4.69, 9.17) is 9.47 Å². The van der Waals surface area contributed by atoms with Crippen molar-refractivity contribution in [1.82, 2.24) is 9.80 Å². The van der Waals surface area contributed by atoms with Gasteiger partial charge in [0.25, 0.3) is 11.8 Å². The van der Waals surface area contributed by atoms with E-state index in [0.717, 1.165) is 10.0 Å². The van der Waals surface area contributed by atoms with Gasteiger partial charge in [-0.1, -0.05) is 22.0 Å². The maximum absolute atomic E-state index is 12.5. The van der Waals surface area contributed by atoms with Gasteiger partial charge in [-0.05, 0) is 42.3 Å². The highest BCUT2D eigenvalue weighted by atomic mass is 79.9. The predicted molar refractivity (Wildman–Crippen MR) is 113 cm³/mol. The summed E-state index contributed by atoms with van der Waals surface area (Å²) in [5, 5.41) is 0. The third-order valence-corrected chi connectivity index (χ3v) is 5.65. The van der Waals surface area contributed by atoms with Gasteiger partial charge in [0, 0.05) is 31.0 Å². The van der Waals surface area contributed by atoms with E-state index < -0.39 is 0 Å². The van der Waals surface area contributed by atoms with Crippen LogP contribution in [0.3, 0.4) is 0 Å². The molecule has 0 unspecified atom stereocenters. The number of hydrogen-bond acceptors (Lipinski definition) is 5. The molecule has 0 aliphatic carbocycles. The third-order valence-electron chi connectivity index (χ3n) is 5.16. The lowest BCUT2D eigenvalue weighted by Gasteiger charge is -2.21. The summed E-state index contributed by atoms with van der Waals surface area (Å²) in [4.78, 5) is 40.3. The Morgan fingerprint density at radius 2 is 1.77 bits per heavy atom. The zero-order valence-electron chi connectivity index (χ0n) is 16.5. The van der Waals surface area contributed by atoms with Crippen LogP contribution in [0, 0.1) is 0 Å². The Hall–Kier alpha value is -2.87. The number of imide groups is 1. The number of nitrogens with zero attached hydrogens (tertiary/aromatic N) is 2. The van der Waals surface area contributed by atoms with E-state index in [1.165, 1.54) is 4.90 Å². The molecule has 3 amide bonds. The number of carbonyl (C=O) groups excluding carboxylic acids is 3. The van der Waals surface area contributed by atoms with Crippen LogP contribution in [0.1, 0.15) is 39.1 Å². The summed E-state index contributed by atoms with van der Waals surface area (Å²) in [5.41, 5.74) is 1.75. The number of fused-ring (bicyclic) bond motifs is 2. The van der Waals surface area contributed by atoms with E-state index in [1.807, 2.05) is 18.2 Å². The molecule has 0 bridgehead atoms. The van der Waals surface area contributed by atoms with Gasteiger partial charge in [0.15, 0.2) is 11.5 Å². The van der Waals surface area contributed by atoms with Crippen LogP contribution < -0.4 is 9.47 Å². The van der Waals surface area contributed by atoms with Gasteiger partial charge in [0.05, 0.1) is 11.1 Å². The Morgan fingerprint density at radius 3 is 2.57 bits per heavy atom. The first kappa shape index (κ1) is 20.4. The highest BCUT2D eigenvalue weighted by Gasteiger charge is 2.35. The zero-order valence-corrected chi connectivity index (χ0v) is 18.1. The fourth-order valence-corrected chi connectivity index (χ4v) is 3.95. The molecule has 0 saturated heterocycles. The molecule has 0 N–H and O–H groups in total. The quantitative estimate of drug-likeness (QED) is 0.603. The molecule has 0 radical (unpaired) electrons. The molecule has 156 valence electrons. The average molecular weight is 473 g/mol. The molecule has 2 heterocycles. The summed E-state index contributed by atoms with van der Waals surface area (Å²) in [5.74, 6) is 0.737. The predicted octanol–water partition coefficient (Wildman–Crippen LogP) is 3.26. The lowest BCUT2D eigenvalue weighted by molar-refractivity contribution is -0.130. The van der Waals surface area contributed by atoms with E-state index in [-0.39, 0.29) is 30.7 Å². The first-order chi connectivity index (χ1) is 14.4. The minimum absolute atomic E-state index is 0.0516. The number of rotatable bonds is 6. The number of ether oxygens (including phenoxy) is 2. The van der Waals surface area contributed by atoms with Gasteiger partial charge in [-0.3, -0.25) is 19.3 Å². The van der Waals surface area contributed by atoms with Crippen LogP contribution in [-0.2, 0) is 11.3 Å². The second kappa shape index (κ2) is 8.47. The molecule has 2 aromatic carbocycles. The van der Waals surface area contributed by atoms with Gasteiger partial charge in [0.1, 0.15) is 13.2 Å². The highest BCUT2D eigenvalue weighted by molar-refractivity contribution is 9.10. The summed E-state index contributed by atoms with van der Waals surface area (Å²) < 4.78 is 11.8. The second-order valence-corrected chi connectivity index (χ2v) is 8.20. The molecule has 2 aromatic rings. The van der Waals surface area contributed by atoms with Gasteiger partial charge >= 0.3 is 0 Å². The molecule has 8 heteroatoms. The Morgan fingerprint density at radius 1 is 1.03 bits per heavy atom. The smallest absolute Gasteiger partial charge is 0.261 e. The Bertz CT molecular complexity index is 1020. The highest BCUT2D eigenvalue weighted by Crippen LogP contribution is 2.31. The van der Waals surface area contributed by atoms with Crippen LogP contribution in [-0.4, -0.2) is 54.3 Å². The van der Waals surface area contributed by atoms with E-state index in [9.17, 15) is 14.4 Å². The van der Waals surface area contributed by atoms with Crippen LogP contribution in [0.25, 0.3) is 0 Å². The molecule has 0 spiro atoms. The lowest BCUT2D eigenvalue weighted by atomic mass is 10.1. The van der Waals surface area contributed by atoms with Crippen LogP contribution >= 0.6 is 15.9 Å². The second-order valence-electron chi connectivity index (χ2n) is 7.28. The first-order valence-electron chi connectivity index (χ1n) is 9.72. The minimum atomic E-state index is -0.312. The van der Waals surface area contributed by atoms with Crippen molar-refractivity contribution >= 4 is 33.7 Å². The zero-order chi connectivity index (χ0) is 21.3. The summed E-state index contributed by atoms with van der Waals surface area (Å²) >= 11 is 3.32. The fraction of sp³-hybridized carbons (Fsp3) is 0.318. The SMILES string of the molecule is CN(Cc1ccc2c(c1)OCCO2)C(=O)CCCN1C(=O)c2ccc(Br)cc2C1=O. The number of halogens is 1. The minimum Gasteiger partial charge on any atom is -0.486 e. The van der Waals surface area contributed by atoms with Gasteiger partial charge in [0.2, 0.25) is 5.91 Å². The van der Waals surface area contributed by atoms with Crippen molar-refractivity contribution in [2.24, 2.45) is 0 Å². The Balaban J connectivity index is 1.30. The fourth-order valence-electron chi connectivity index (χ4n) is 3.59. The number of amides is 3. The van der Waals surface area contributed by atoms with E-state index in [1.54, 1.807) is 30.1 Å². The maximum Gasteiger partial charge on any atom is 0.261 e. The maximum atomic E-state index is 12.5. The molecule has 0 aromatic heterocycles. The molecule has 0 saturated carbocycles. The van der Waals surface area contributed by atoms with Crippen LogP contribution in [0.15, 0.2) is 40.9 Å². The molecule has 0 atom stereocenters. The summed E-state index contributed by atoms with van der Waals surface area (Å²) in [7, 11) is 1.73. The molecule has 4 rings (SSSR count). The molecule has 7 nitrogen and oxygen atoms in total. The topological polar surface area (TPSA) is 76.2 Å². The standard InChI is InChI=1S/C22H21BrN2O5/c1-24(13-14-4-7-18-19(11-14)30-10-9-29-18)20(26)3-2-8-25-21(27)16-6-5-15(23)12-17(16)22(25)28/h4-7,11-12H,2-3,8-10,13H2,1H3. The number of benzene rings is 2. The van der Waals surface area contributed by atoms with Crippen molar-refractivity contribution in [2.45, 2.75) is 19.4 Å². The van der Waals surface area contributed by atoms with Gasteiger partial charge in [-0.25, -0.2) is 0 Å². The van der Waals surface area contributed by atoms with Gasteiger partial charge in [-0.15, -0.1) is 0 Å². The van der Waals surface area contributed by atoms with Crippen molar-refractivity contribution in [1.29, 1.82) is 0 Å². The summed E-state index contributed by atoms with van der Waals surface area (Å²) in [6.45, 7) is 1.71. The van der Waals surface area contributed by atoms with Gasteiger partial charge < -0.3 is 14.4 Å². The van der Waals surface area contributed by atoms with Gasteiger partial charge in [-0.2, -0.15) is 0 Å². The van der Waals surface area contributed by atoms with E-state index in [2.05, 4.69) is 15.9 Å². The Kier molecular flexibility index (Phi) is 5.76. The molecule has 0 fully saturated rings. The van der Waals surface area contributed by atoms with Crippen molar-refractivity contribution in [3.8, 4) is 11.5 Å². The van der Waals surface area contributed by atoms with E-state index in [0.29, 0.717) is 48.8 Å². The first-order valence-corrected chi connectivity index (χ1v) is 10.5. The molecule has 30 heavy (non-hydrogen) atoms. The average Bonchev–Trinajstić information content (AvgIpc) is 2.97. The van der Waals surface area contributed by atoms with Crippen LogP contribution in [0.4, 0.5) is 0 Å². The van der Waals surface area contributed by atoms with Crippen molar-refractivity contribution < 1.29 is 23.9 Å². The summed E-state index contributed by atoms with van der Waals surface area (Å²) in [6.07, 6.45) is 0.662. The van der Waals surface area contributed by atoms with Crippen LogP contribution in [0.5, 0.6) is 11.5 Å². The van der Waals surface area contributed by atoms with E-state index >= 15 is 0 Å². The molecule has 2 aliphatic heterocycles. The van der Waals surface area contributed by atoms with Crippen molar-refractivity contribution in [3.05, 3.63) is 57.6 Å². The largest absolute Gasteiger partial charge is 0.486 e. The lowest BCUT2D eigenvalue weighted by Crippen LogP contribution is -2.32. The van der Waals surface area contributed by atoms with Crippen molar-refractivity contribution in [2.75, 3.05) is 26.8 Å². The summed E-state index contributed by atoms with van der Waals surface area (Å²) in [6, 6.07) is 10.7. The molecular formula is C22H21BrN2O5. The third kappa shape index (κ3) is 4.05. The van der Waals surface area contributed by atoms with Crippen LogP contribution in [0.2, 0.25) is 0 Å². The normalized spacial score (nSPS) is 14.7.